The molecule has 3 rings (SSSR count). The minimum absolute atomic E-state index is 0.0374. The van der Waals surface area contributed by atoms with Crippen LogP contribution in [0, 0.1) is 12.3 Å². The Kier molecular flexibility index (Phi) is 6.51. The van der Waals surface area contributed by atoms with Crippen molar-refractivity contribution in [2.24, 2.45) is 0 Å². The molecule has 1 atom stereocenters. The van der Waals surface area contributed by atoms with Gasteiger partial charge >= 0.3 is 0 Å². The SMILES string of the molecule is C#CCN1CCCCC1C(=O)Nc1ccc(N(C)Cc2ccccc2)cc1. The van der Waals surface area contributed by atoms with E-state index in [2.05, 4.69) is 52.4 Å². The number of hydrogen-bond acceptors (Lipinski definition) is 3. The van der Waals surface area contributed by atoms with Crippen LogP contribution in [-0.2, 0) is 11.3 Å². The Labute approximate surface area is 162 Å². The van der Waals surface area contributed by atoms with Gasteiger partial charge in [-0.2, -0.15) is 0 Å². The summed E-state index contributed by atoms with van der Waals surface area (Å²) in [6.45, 7) is 2.27. The van der Waals surface area contributed by atoms with Gasteiger partial charge in [0, 0.05) is 25.0 Å². The molecule has 0 aromatic heterocycles. The number of anilines is 2. The van der Waals surface area contributed by atoms with Crippen LogP contribution in [0.5, 0.6) is 0 Å². The quantitative estimate of drug-likeness (QED) is 0.796. The molecule has 1 fully saturated rings. The van der Waals surface area contributed by atoms with E-state index >= 15 is 0 Å². The lowest BCUT2D eigenvalue weighted by Gasteiger charge is -2.33. The Morgan fingerprint density at radius 3 is 2.63 bits per heavy atom. The lowest BCUT2D eigenvalue weighted by molar-refractivity contribution is -0.122. The van der Waals surface area contributed by atoms with Crippen LogP contribution in [0.4, 0.5) is 11.4 Å². The highest BCUT2D eigenvalue weighted by Gasteiger charge is 2.28. The molecule has 0 bridgehead atoms. The van der Waals surface area contributed by atoms with Crippen molar-refractivity contribution in [1.82, 2.24) is 4.90 Å². The van der Waals surface area contributed by atoms with E-state index in [4.69, 9.17) is 6.42 Å². The number of nitrogens with zero attached hydrogens (tertiary/aromatic N) is 2. The minimum atomic E-state index is -0.129. The number of carbonyl (C=O) groups is 1. The number of rotatable bonds is 6. The van der Waals surface area contributed by atoms with E-state index in [9.17, 15) is 4.79 Å². The molecule has 1 amide bonds. The molecule has 4 nitrogen and oxygen atoms in total. The predicted molar refractivity (Wildman–Crippen MR) is 112 cm³/mol. The second kappa shape index (κ2) is 9.25. The molecular formula is C23H27N3O. The third-order valence-electron chi connectivity index (χ3n) is 5.05. The highest BCUT2D eigenvalue weighted by molar-refractivity contribution is 5.95. The van der Waals surface area contributed by atoms with Crippen LogP contribution in [-0.4, -0.2) is 37.0 Å². The summed E-state index contributed by atoms with van der Waals surface area (Å²) in [7, 11) is 2.07. The standard InChI is InChI=1S/C23H27N3O/c1-3-16-26-17-8-7-11-22(26)23(27)24-20-12-14-21(15-13-20)25(2)18-19-9-5-4-6-10-19/h1,4-6,9-10,12-15,22H,7-8,11,16-18H2,2H3,(H,24,27). The van der Waals surface area contributed by atoms with Gasteiger partial charge in [-0.05, 0) is 49.2 Å². The third-order valence-corrected chi connectivity index (χ3v) is 5.05. The van der Waals surface area contributed by atoms with Gasteiger partial charge in [-0.15, -0.1) is 6.42 Å². The van der Waals surface area contributed by atoms with Gasteiger partial charge in [-0.25, -0.2) is 0 Å². The molecule has 0 radical (unpaired) electrons. The van der Waals surface area contributed by atoms with Crippen LogP contribution in [0.2, 0.25) is 0 Å². The fraction of sp³-hybridized carbons (Fsp3) is 0.348. The molecule has 2 aromatic carbocycles. The van der Waals surface area contributed by atoms with Gasteiger partial charge in [0.05, 0.1) is 12.6 Å². The molecule has 1 unspecified atom stereocenters. The van der Waals surface area contributed by atoms with Gasteiger partial charge < -0.3 is 10.2 Å². The lowest BCUT2D eigenvalue weighted by Crippen LogP contribution is -2.47. The summed E-state index contributed by atoms with van der Waals surface area (Å²) < 4.78 is 0. The molecule has 1 N–H and O–H groups in total. The molecule has 140 valence electrons. The van der Waals surface area contributed by atoms with Crippen LogP contribution in [0.3, 0.4) is 0 Å². The molecule has 4 heteroatoms. The molecule has 1 aliphatic heterocycles. The average Bonchev–Trinajstić information content (AvgIpc) is 2.70. The molecule has 0 aliphatic carbocycles. The van der Waals surface area contributed by atoms with Crippen LogP contribution in [0.1, 0.15) is 24.8 Å². The predicted octanol–water partition coefficient (Wildman–Crippen LogP) is 3.75. The maximum Gasteiger partial charge on any atom is 0.241 e. The number of carbonyl (C=O) groups excluding carboxylic acids is 1. The molecule has 1 saturated heterocycles. The summed E-state index contributed by atoms with van der Waals surface area (Å²) in [5, 5.41) is 3.05. The molecule has 1 aliphatic rings. The van der Waals surface area contributed by atoms with Crippen molar-refractivity contribution in [2.75, 3.05) is 30.4 Å². The van der Waals surface area contributed by atoms with Crippen molar-refractivity contribution >= 4 is 17.3 Å². The van der Waals surface area contributed by atoms with Gasteiger partial charge in [-0.1, -0.05) is 42.7 Å². The van der Waals surface area contributed by atoms with E-state index < -0.39 is 0 Å². The lowest BCUT2D eigenvalue weighted by atomic mass is 10.0. The van der Waals surface area contributed by atoms with Gasteiger partial charge in [0.25, 0.3) is 0 Å². The Balaban J connectivity index is 1.60. The monoisotopic (exact) mass is 361 g/mol. The van der Waals surface area contributed by atoms with E-state index in [1.165, 1.54) is 5.56 Å². The summed E-state index contributed by atoms with van der Waals surface area (Å²) in [6.07, 6.45) is 8.49. The van der Waals surface area contributed by atoms with Gasteiger partial charge in [0.2, 0.25) is 5.91 Å². The largest absolute Gasteiger partial charge is 0.370 e. The number of amides is 1. The summed E-state index contributed by atoms with van der Waals surface area (Å²) in [6, 6.07) is 18.2. The Morgan fingerprint density at radius 2 is 1.93 bits per heavy atom. The van der Waals surface area contributed by atoms with Crippen LogP contribution >= 0.6 is 0 Å². The van der Waals surface area contributed by atoms with Gasteiger partial charge in [0.15, 0.2) is 0 Å². The zero-order valence-corrected chi connectivity index (χ0v) is 15.9. The van der Waals surface area contributed by atoms with E-state index in [1.807, 2.05) is 30.3 Å². The maximum atomic E-state index is 12.7. The molecular weight excluding hydrogens is 334 g/mol. The van der Waals surface area contributed by atoms with E-state index in [1.54, 1.807) is 0 Å². The van der Waals surface area contributed by atoms with Crippen LogP contribution < -0.4 is 10.2 Å². The van der Waals surface area contributed by atoms with E-state index in [0.717, 1.165) is 43.7 Å². The maximum absolute atomic E-state index is 12.7. The Morgan fingerprint density at radius 1 is 1.19 bits per heavy atom. The smallest absolute Gasteiger partial charge is 0.241 e. The number of terminal acetylenes is 1. The van der Waals surface area contributed by atoms with Crippen LogP contribution in [0.15, 0.2) is 54.6 Å². The molecule has 0 spiro atoms. The van der Waals surface area contributed by atoms with Crippen molar-refractivity contribution in [3.05, 3.63) is 60.2 Å². The topological polar surface area (TPSA) is 35.6 Å². The summed E-state index contributed by atoms with van der Waals surface area (Å²) in [4.78, 5) is 17.0. The average molecular weight is 361 g/mol. The zero-order chi connectivity index (χ0) is 19.1. The third kappa shape index (κ3) is 5.12. The molecule has 1 heterocycles. The van der Waals surface area contributed by atoms with Gasteiger partial charge in [-0.3, -0.25) is 9.69 Å². The number of hydrogen-bond donors (Lipinski definition) is 1. The molecule has 2 aromatic rings. The zero-order valence-electron chi connectivity index (χ0n) is 15.9. The number of benzene rings is 2. The van der Waals surface area contributed by atoms with Crippen molar-refractivity contribution in [3.63, 3.8) is 0 Å². The Bertz CT molecular complexity index is 780. The fourth-order valence-electron chi connectivity index (χ4n) is 3.57. The summed E-state index contributed by atoms with van der Waals surface area (Å²) in [5.74, 6) is 2.70. The first-order chi connectivity index (χ1) is 13.2. The van der Waals surface area contributed by atoms with Gasteiger partial charge in [0.1, 0.15) is 0 Å². The fourth-order valence-corrected chi connectivity index (χ4v) is 3.57. The van der Waals surface area contributed by atoms with Crippen molar-refractivity contribution in [1.29, 1.82) is 0 Å². The van der Waals surface area contributed by atoms with Crippen molar-refractivity contribution in [2.45, 2.75) is 31.8 Å². The summed E-state index contributed by atoms with van der Waals surface area (Å²) >= 11 is 0. The number of piperidine rings is 1. The number of likely N-dealkylation sites (tertiary alicyclic amines) is 1. The second-order valence-electron chi connectivity index (χ2n) is 7.06. The van der Waals surface area contributed by atoms with Crippen molar-refractivity contribution < 1.29 is 4.79 Å². The molecule has 0 saturated carbocycles. The number of nitrogens with one attached hydrogen (secondary N) is 1. The first kappa shape index (κ1) is 19.0. The normalized spacial score (nSPS) is 17.1. The second-order valence-corrected chi connectivity index (χ2v) is 7.06. The first-order valence-electron chi connectivity index (χ1n) is 9.51. The van der Waals surface area contributed by atoms with E-state index in [0.29, 0.717) is 6.54 Å². The van der Waals surface area contributed by atoms with Crippen molar-refractivity contribution in [3.8, 4) is 12.3 Å². The van der Waals surface area contributed by atoms with Crippen LogP contribution in [0.25, 0.3) is 0 Å². The highest BCUT2D eigenvalue weighted by Crippen LogP contribution is 2.21. The van der Waals surface area contributed by atoms with E-state index in [-0.39, 0.29) is 11.9 Å². The first-order valence-corrected chi connectivity index (χ1v) is 9.51. The summed E-state index contributed by atoms with van der Waals surface area (Å²) in [5.41, 5.74) is 3.20. The Hall–Kier alpha value is -2.77. The minimum Gasteiger partial charge on any atom is -0.370 e. The highest BCUT2D eigenvalue weighted by atomic mass is 16.2. The molecule has 27 heavy (non-hydrogen) atoms.